The zero-order valence-corrected chi connectivity index (χ0v) is 12.1. The lowest BCUT2D eigenvalue weighted by molar-refractivity contribution is -0.112. The Bertz CT molecular complexity index is 504. The maximum absolute atomic E-state index is 9.77. The van der Waals surface area contributed by atoms with E-state index in [1.807, 2.05) is 0 Å². The molecule has 4 unspecified atom stereocenters. The molecule has 7 heteroatoms. The van der Waals surface area contributed by atoms with Gasteiger partial charge >= 0.3 is 0 Å². The lowest BCUT2D eigenvalue weighted by atomic mass is 10.0. The van der Waals surface area contributed by atoms with Gasteiger partial charge in [-0.25, -0.2) is 0 Å². The van der Waals surface area contributed by atoms with Gasteiger partial charge in [0.1, 0.15) is 30.2 Å². The number of aryl methyl sites for hydroxylation is 1. The molecular weight excluding hydrogens is 300 g/mol. The van der Waals surface area contributed by atoms with Crippen LogP contribution in [0.3, 0.4) is 0 Å². The number of aliphatic hydroxyl groups is 6. The van der Waals surface area contributed by atoms with E-state index >= 15 is 0 Å². The van der Waals surface area contributed by atoms with Gasteiger partial charge in [-0.3, -0.25) is 0 Å². The molecule has 0 aliphatic carbocycles. The summed E-state index contributed by atoms with van der Waals surface area (Å²) in [6.07, 6.45) is -5.88. The summed E-state index contributed by atoms with van der Waals surface area (Å²) in [5.74, 6) is -0.589. The summed E-state index contributed by atoms with van der Waals surface area (Å²) in [5.41, 5.74) is 1.31. The van der Waals surface area contributed by atoms with Crippen molar-refractivity contribution in [3.05, 3.63) is 40.1 Å². The summed E-state index contributed by atoms with van der Waals surface area (Å²) in [6, 6.07) is 4.88. The van der Waals surface area contributed by atoms with Gasteiger partial charge in [0.05, 0.1) is 6.61 Å². The summed E-state index contributed by atoms with van der Waals surface area (Å²) < 4.78 is 0. The number of hydrogen-bond donors (Lipinski definition) is 6. The summed E-state index contributed by atoms with van der Waals surface area (Å²) >= 11 is 5.87. The molecule has 0 aliphatic rings. The molecule has 4 atom stereocenters. The second-order valence-corrected chi connectivity index (χ2v) is 5.16. The molecule has 1 aromatic rings. The molecule has 118 valence electrons. The molecule has 0 aromatic heterocycles. The monoisotopic (exact) mass is 318 g/mol. The van der Waals surface area contributed by atoms with E-state index in [1.165, 1.54) is 6.08 Å². The van der Waals surface area contributed by atoms with Crippen LogP contribution in [-0.2, 0) is 0 Å². The predicted octanol–water partition coefficient (Wildman–Crippen LogP) is -0.0168. The van der Waals surface area contributed by atoms with Crippen molar-refractivity contribution in [3.63, 3.8) is 0 Å². The molecule has 1 aromatic carbocycles. The molecule has 0 bridgehead atoms. The van der Waals surface area contributed by atoms with Gasteiger partial charge in [-0.05, 0) is 30.2 Å². The van der Waals surface area contributed by atoms with Crippen LogP contribution in [0.4, 0.5) is 0 Å². The van der Waals surface area contributed by atoms with E-state index in [-0.39, 0.29) is 0 Å². The lowest BCUT2D eigenvalue weighted by Gasteiger charge is -2.25. The van der Waals surface area contributed by atoms with Crippen molar-refractivity contribution in [1.29, 1.82) is 0 Å². The Morgan fingerprint density at radius 3 is 2.33 bits per heavy atom. The van der Waals surface area contributed by atoms with Gasteiger partial charge in [-0.15, -0.1) is 0 Å². The van der Waals surface area contributed by atoms with Crippen LogP contribution in [0, 0.1) is 6.92 Å². The molecule has 21 heavy (non-hydrogen) atoms. The molecule has 0 aliphatic heterocycles. The van der Waals surface area contributed by atoms with Gasteiger partial charge in [0.25, 0.3) is 0 Å². The van der Waals surface area contributed by atoms with E-state index < -0.39 is 36.8 Å². The van der Waals surface area contributed by atoms with E-state index in [9.17, 15) is 25.5 Å². The number of halogens is 1. The molecule has 6 nitrogen and oxygen atoms in total. The third kappa shape index (κ3) is 4.67. The summed E-state index contributed by atoms with van der Waals surface area (Å²) in [6.45, 7) is 0.981. The van der Waals surface area contributed by atoms with E-state index in [0.29, 0.717) is 10.6 Å². The van der Waals surface area contributed by atoms with Gasteiger partial charge in [0.2, 0.25) is 0 Å². The second kappa shape index (κ2) is 7.74. The van der Waals surface area contributed by atoms with E-state index in [2.05, 4.69) is 0 Å². The third-order valence-electron chi connectivity index (χ3n) is 3.05. The average molecular weight is 319 g/mol. The highest BCUT2D eigenvalue weighted by atomic mass is 35.5. The molecule has 0 amide bonds. The molecule has 0 saturated heterocycles. The number of benzene rings is 1. The molecule has 0 heterocycles. The van der Waals surface area contributed by atoms with Crippen LogP contribution in [0.1, 0.15) is 11.1 Å². The number of hydrogen-bond acceptors (Lipinski definition) is 6. The highest BCUT2D eigenvalue weighted by Crippen LogP contribution is 2.19. The van der Waals surface area contributed by atoms with Crippen LogP contribution < -0.4 is 0 Å². The quantitative estimate of drug-likeness (QED) is 0.410. The van der Waals surface area contributed by atoms with Gasteiger partial charge in [-0.1, -0.05) is 23.7 Å². The van der Waals surface area contributed by atoms with E-state index in [1.54, 1.807) is 25.1 Å². The first kappa shape index (κ1) is 17.9. The Morgan fingerprint density at radius 2 is 1.81 bits per heavy atom. The molecule has 0 spiro atoms. The Labute approximate surface area is 127 Å². The fourth-order valence-corrected chi connectivity index (χ4v) is 1.83. The lowest BCUT2D eigenvalue weighted by Crippen LogP contribution is -2.46. The van der Waals surface area contributed by atoms with E-state index in [0.717, 1.165) is 5.56 Å². The predicted molar refractivity (Wildman–Crippen MR) is 77.9 cm³/mol. The van der Waals surface area contributed by atoms with Crippen LogP contribution in [-0.4, -0.2) is 61.7 Å². The topological polar surface area (TPSA) is 121 Å². The Hall–Kier alpha value is -1.15. The van der Waals surface area contributed by atoms with Gasteiger partial charge in [0.15, 0.2) is 0 Å². The zero-order valence-electron chi connectivity index (χ0n) is 11.4. The number of rotatable bonds is 6. The van der Waals surface area contributed by atoms with Crippen molar-refractivity contribution in [1.82, 2.24) is 0 Å². The summed E-state index contributed by atoms with van der Waals surface area (Å²) in [7, 11) is 0. The standard InChI is InChI=1S/C14H19ClO6/c1-7-4-8(2-3-9(7)15)5-10(17)12(19)14(21)13(20)11(18)6-16/h2-5,11-14,16-21H,6H2,1H3. The first-order valence-corrected chi connectivity index (χ1v) is 6.65. The van der Waals surface area contributed by atoms with E-state index in [4.69, 9.17) is 16.7 Å². The van der Waals surface area contributed by atoms with Crippen LogP contribution >= 0.6 is 11.6 Å². The van der Waals surface area contributed by atoms with Crippen LogP contribution in [0.5, 0.6) is 0 Å². The fourth-order valence-electron chi connectivity index (χ4n) is 1.71. The first-order chi connectivity index (χ1) is 9.77. The second-order valence-electron chi connectivity index (χ2n) is 4.75. The highest BCUT2D eigenvalue weighted by Gasteiger charge is 2.32. The van der Waals surface area contributed by atoms with Crippen molar-refractivity contribution in [2.45, 2.75) is 31.3 Å². The minimum Gasteiger partial charge on any atom is -0.509 e. The highest BCUT2D eigenvalue weighted by molar-refractivity contribution is 6.31. The molecule has 0 fully saturated rings. The van der Waals surface area contributed by atoms with Crippen molar-refractivity contribution >= 4 is 17.7 Å². The summed E-state index contributed by atoms with van der Waals surface area (Å²) in [4.78, 5) is 0. The first-order valence-electron chi connectivity index (χ1n) is 6.27. The average Bonchev–Trinajstić information content (AvgIpc) is 2.47. The minimum atomic E-state index is -1.85. The van der Waals surface area contributed by atoms with Crippen molar-refractivity contribution in [2.24, 2.45) is 0 Å². The minimum absolute atomic E-state index is 0.540. The Kier molecular flexibility index (Phi) is 6.60. The normalized spacial score (nSPS) is 18.1. The zero-order chi connectivity index (χ0) is 16.2. The molecule has 0 saturated carbocycles. The molecule has 6 N–H and O–H groups in total. The maximum atomic E-state index is 9.77. The van der Waals surface area contributed by atoms with Crippen molar-refractivity contribution in [3.8, 4) is 0 Å². The smallest absolute Gasteiger partial charge is 0.139 e. The fraction of sp³-hybridized carbons (Fsp3) is 0.429. The largest absolute Gasteiger partial charge is 0.509 e. The van der Waals surface area contributed by atoms with Gasteiger partial charge in [0, 0.05) is 5.02 Å². The Balaban J connectivity index is 2.87. The van der Waals surface area contributed by atoms with Crippen LogP contribution in [0.2, 0.25) is 5.02 Å². The van der Waals surface area contributed by atoms with Gasteiger partial charge in [-0.2, -0.15) is 0 Å². The molecule has 1 rings (SSSR count). The van der Waals surface area contributed by atoms with Crippen LogP contribution in [0.15, 0.2) is 24.0 Å². The van der Waals surface area contributed by atoms with Gasteiger partial charge < -0.3 is 30.6 Å². The maximum Gasteiger partial charge on any atom is 0.139 e. The van der Waals surface area contributed by atoms with Crippen molar-refractivity contribution in [2.75, 3.05) is 6.61 Å². The number of aliphatic hydroxyl groups excluding tert-OH is 6. The molecule has 0 radical (unpaired) electrons. The SMILES string of the molecule is Cc1cc(C=C(O)C(O)C(O)C(O)C(O)CO)ccc1Cl. The Morgan fingerprint density at radius 1 is 1.19 bits per heavy atom. The molecular formula is C14H19ClO6. The third-order valence-corrected chi connectivity index (χ3v) is 3.48. The van der Waals surface area contributed by atoms with Crippen LogP contribution in [0.25, 0.3) is 6.08 Å². The summed E-state index contributed by atoms with van der Waals surface area (Å²) in [5, 5.41) is 57.0. The van der Waals surface area contributed by atoms with Crippen molar-refractivity contribution < 1.29 is 30.6 Å².